The highest BCUT2D eigenvalue weighted by molar-refractivity contribution is 5.40. The van der Waals surface area contributed by atoms with E-state index in [9.17, 15) is 5.11 Å². The molecule has 0 amide bonds. The van der Waals surface area contributed by atoms with Crippen LogP contribution in [0.15, 0.2) is 18.3 Å². The zero-order valence-corrected chi connectivity index (χ0v) is 8.36. The maximum Gasteiger partial charge on any atom is 0.128 e. The second-order valence-corrected chi connectivity index (χ2v) is 3.14. The number of hydrogen-bond acceptors (Lipinski definition) is 3. The number of anilines is 1. The first-order valence-electron chi connectivity index (χ1n) is 4.50. The zero-order valence-electron chi connectivity index (χ0n) is 8.36. The van der Waals surface area contributed by atoms with Gasteiger partial charge in [-0.15, -0.1) is 0 Å². The summed E-state index contributed by atoms with van der Waals surface area (Å²) >= 11 is 0. The average molecular weight is 180 g/mol. The first kappa shape index (κ1) is 9.99. The van der Waals surface area contributed by atoms with Gasteiger partial charge in [0, 0.05) is 19.8 Å². The lowest BCUT2D eigenvalue weighted by Crippen LogP contribution is -2.17. The Morgan fingerprint density at radius 2 is 2.31 bits per heavy atom. The highest BCUT2D eigenvalue weighted by atomic mass is 16.3. The van der Waals surface area contributed by atoms with Crippen LogP contribution in [-0.4, -0.2) is 23.7 Å². The summed E-state index contributed by atoms with van der Waals surface area (Å²) in [5, 5.41) is 9.36. The van der Waals surface area contributed by atoms with E-state index in [0.717, 1.165) is 17.9 Å². The summed E-state index contributed by atoms with van der Waals surface area (Å²) in [5.41, 5.74) is 0.908. The Balaban J connectivity index is 2.91. The first-order valence-corrected chi connectivity index (χ1v) is 4.50. The lowest BCUT2D eigenvalue weighted by atomic mass is 10.2. The van der Waals surface area contributed by atoms with Crippen LogP contribution in [0.5, 0.6) is 0 Å². The Bertz CT molecular complexity index is 273. The minimum atomic E-state index is -0.424. The molecule has 0 aliphatic rings. The van der Waals surface area contributed by atoms with Crippen molar-refractivity contribution in [3.63, 3.8) is 0 Å². The predicted molar refractivity (Wildman–Crippen MR) is 53.8 cm³/mol. The minimum Gasteiger partial charge on any atom is -0.389 e. The van der Waals surface area contributed by atoms with Crippen molar-refractivity contribution in [3.05, 3.63) is 23.9 Å². The summed E-state index contributed by atoms with van der Waals surface area (Å²) in [4.78, 5) is 6.24. The van der Waals surface area contributed by atoms with Crippen LogP contribution in [0, 0.1) is 0 Å². The third-order valence-corrected chi connectivity index (χ3v) is 2.12. The van der Waals surface area contributed by atoms with Crippen molar-refractivity contribution in [2.24, 2.45) is 0 Å². The molecule has 1 atom stereocenters. The molecule has 1 unspecified atom stereocenters. The van der Waals surface area contributed by atoms with Gasteiger partial charge in [-0.2, -0.15) is 0 Å². The van der Waals surface area contributed by atoms with E-state index in [0.29, 0.717) is 0 Å². The fraction of sp³-hybridized carbons (Fsp3) is 0.500. The van der Waals surface area contributed by atoms with Gasteiger partial charge in [0.05, 0.1) is 6.10 Å². The van der Waals surface area contributed by atoms with Gasteiger partial charge in [-0.05, 0) is 31.5 Å². The van der Waals surface area contributed by atoms with Crippen molar-refractivity contribution < 1.29 is 5.11 Å². The van der Waals surface area contributed by atoms with Crippen LogP contribution in [0.3, 0.4) is 0 Å². The van der Waals surface area contributed by atoms with Gasteiger partial charge in [0.2, 0.25) is 0 Å². The van der Waals surface area contributed by atoms with Gasteiger partial charge in [-0.25, -0.2) is 4.98 Å². The van der Waals surface area contributed by atoms with E-state index in [-0.39, 0.29) is 0 Å². The van der Waals surface area contributed by atoms with E-state index in [2.05, 4.69) is 11.9 Å². The smallest absolute Gasteiger partial charge is 0.128 e. The molecule has 0 spiro atoms. The van der Waals surface area contributed by atoms with E-state index in [1.54, 1.807) is 13.1 Å². The van der Waals surface area contributed by atoms with Crippen molar-refractivity contribution in [3.8, 4) is 0 Å². The van der Waals surface area contributed by atoms with Crippen LogP contribution in [0.25, 0.3) is 0 Å². The fourth-order valence-corrected chi connectivity index (χ4v) is 1.06. The number of hydrogen-bond donors (Lipinski definition) is 1. The van der Waals surface area contributed by atoms with Crippen LogP contribution in [0.1, 0.15) is 25.5 Å². The van der Waals surface area contributed by atoms with Gasteiger partial charge in [-0.1, -0.05) is 0 Å². The number of pyridine rings is 1. The van der Waals surface area contributed by atoms with E-state index >= 15 is 0 Å². The average Bonchev–Trinajstić information content (AvgIpc) is 2.17. The van der Waals surface area contributed by atoms with E-state index < -0.39 is 6.10 Å². The fourth-order valence-electron chi connectivity index (χ4n) is 1.06. The van der Waals surface area contributed by atoms with Crippen molar-refractivity contribution in [1.82, 2.24) is 4.98 Å². The largest absolute Gasteiger partial charge is 0.389 e. The summed E-state index contributed by atoms with van der Waals surface area (Å²) in [6.45, 7) is 4.73. The number of aliphatic hydroxyl groups excluding tert-OH is 1. The van der Waals surface area contributed by atoms with Crippen LogP contribution in [0.4, 0.5) is 5.82 Å². The third-order valence-electron chi connectivity index (χ3n) is 2.12. The Kier molecular flexibility index (Phi) is 3.25. The standard InChI is InChI=1S/C10H16N2O/c1-4-12(3)10-7-9(8(2)13)5-6-11-10/h5-8,13H,4H2,1-3H3. The molecule has 1 heterocycles. The molecular formula is C10H16N2O. The third kappa shape index (κ3) is 2.42. The van der Waals surface area contributed by atoms with Gasteiger partial charge < -0.3 is 10.0 Å². The Morgan fingerprint density at radius 1 is 1.62 bits per heavy atom. The SMILES string of the molecule is CCN(C)c1cc(C(C)O)ccn1. The highest BCUT2D eigenvalue weighted by Gasteiger charge is 2.04. The maximum absolute atomic E-state index is 9.36. The molecule has 0 saturated carbocycles. The highest BCUT2D eigenvalue weighted by Crippen LogP contribution is 2.16. The molecule has 0 fully saturated rings. The summed E-state index contributed by atoms with van der Waals surface area (Å²) in [6.07, 6.45) is 1.30. The normalized spacial score (nSPS) is 12.6. The zero-order chi connectivity index (χ0) is 9.84. The number of aliphatic hydroxyl groups is 1. The molecule has 0 aromatic carbocycles. The molecule has 1 N–H and O–H groups in total. The first-order chi connectivity index (χ1) is 6.15. The topological polar surface area (TPSA) is 36.4 Å². The molecule has 3 heteroatoms. The van der Waals surface area contributed by atoms with Crippen LogP contribution < -0.4 is 4.90 Å². The molecule has 0 saturated heterocycles. The van der Waals surface area contributed by atoms with Crippen molar-refractivity contribution in [1.29, 1.82) is 0 Å². The second-order valence-electron chi connectivity index (χ2n) is 3.14. The van der Waals surface area contributed by atoms with E-state index in [1.165, 1.54) is 0 Å². The van der Waals surface area contributed by atoms with E-state index in [4.69, 9.17) is 0 Å². The van der Waals surface area contributed by atoms with Gasteiger partial charge in [0.1, 0.15) is 5.82 Å². The molecule has 3 nitrogen and oxygen atoms in total. The Hall–Kier alpha value is -1.09. The molecule has 72 valence electrons. The summed E-state index contributed by atoms with van der Waals surface area (Å²) < 4.78 is 0. The number of rotatable bonds is 3. The molecule has 13 heavy (non-hydrogen) atoms. The second kappa shape index (κ2) is 4.23. The van der Waals surface area contributed by atoms with Gasteiger partial charge in [-0.3, -0.25) is 0 Å². The summed E-state index contributed by atoms with van der Waals surface area (Å²) in [7, 11) is 1.98. The van der Waals surface area contributed by atoms with Crippen LogP contribution in [-0.2, 0) is 0 Å². The van der Waals surface area contributed by atoms with Gasteiger partial charge in [0.15, 0.2) is 0 Å². The summed E-state index contributed by atoms with van der Waals surface area (Å²) in [6, 6.07) is 3.74. The molecule has 0 radical (unpaired) electrons. The van der Waals surface area contributed by atoms with Gasteiger partial charge >= 0.3 is 0 Å². The monoisotopic (exact) mass is 180 g/mol. The quantitative estimate of drug-likeness (QED) is 0.767. The lowest BCUT2D eigenvalue weighted by molar-refractivity contribution is 0.199. The molecule has 1 aromatic rings. The van der Waals surface area contributed by atoms with Gasteiger partial charge in [0.25, 0.3) is 0 Å². The Labute approximate surface area is 79.0 Å². The Morgan fingerprint density at radius 3 is 2.85 bits per heavy atom. The maximum atomic E-state index is 9.36. The number of nitrogens with zero attached hydrogens (tertiary/aromatic N) is 2. The lowest BCUT2D eigenvalue weighted by Gasteiger charge is -2.16. The summed E-state index contributed by atoms with van der Waals surface area (Å²) in [5.74, 6) is 0.904. The van der Waals surface area contributed by atoms with Crippen molar-refractivity contribution in [2.75, 3.05) is 18.5 Å². The predicted octanol–water partition coefficient (Wildman–Crippen LogP) is 1.59. The molecule has 1 rings (SSSR count). The van der Waals surface area contributed by atoms with Crippen LogP contribution >= 0.6 is 0 Å². The van der Waals surface area contributed by atoms with Crippen LogP contribution in [0.2, 0.25) is 0 Å². The van der Waals surface area contributed by atoms with E-state index in [1.807, 2.05) is 24.1 Å². The molecule has 1 aromatic heterocycles. The minimum absolute atomic E-state index is 0.424. The number of aromatic nitrogens is 1. The molecular weight excluding hydrogens is 164 g/mol. The van der Waals surface area contributed by atoms with Crippen molar-refractivity contribution >= 4 is 5.82 Å². The molecule has 0 bridgehead atoms. The molecule has 0 aliphatic heterocycles. The molecule has 0 aliphatic carbocycles. The van der Waals surface area contributed by atoms with Crippen molar-refractivity contribution in [2.45, 2.75) is 20.0 Å².